The molecular weight excluding hydrogens is 405 g/mol. The van der Waals surface area contributed by atoms with Crippen LogP contribution in [0.1, 0.15) is 49.7 Å². The molecule has 4 rings (SSSR count). The smallest absolute Gasteiger partial charge is 0.229 e. The Kier molecular flexibility index (Phi) is 6.21. The number of nitrogen functional groups attached to an aromatic ring is 1. The lowest BCUT2D eigenvalue weighted by Crippen LogP contribution is -2.55. The zero-order chi connectivity index (χ0) is 22.9. The molecule has 2 aromatic rings. The number of anilines is 1. The molecule has 0 aliphatic carbocycles. The third-order valence-corrected chi connectivity index (χ3v) is 7.34. The van der Waals surface area contributed by atoms with E-state index in [2.05, 4.69) is 28.8 Å². The highest BCUT2D eigenvalue weighted by atomic mass is 19.1. The molecule has 172 valence electrons. The number of hydrogen-bond donors (Lipinski definition) is 1. The van der Waals surface area contributed by atoms with Gasteiger partial charge in [-0.3, -0.25) is 4.79 Å². The van der Waals surface area contributed by atoms with E-state index in [4.69, 9.17) is 5.73 Å². The molecule has 0 unspecified atom stereocenters. The number of piperidine rings is 2. The van der Waals surface area contributed by atoms with Crippen LogP contribution in [-0.2, 0) is 16.6 Å². The number of carbonyl (C=O) groups is 1. The number of nitrogens with two attached hydrogens (primary N) is 1. The standard InChI is InChI=1S/C25H34FN5O/c1-18-28-21(15-22(27)29-18)24(2)9-6-12-31(17-24)23(32)25(10-13-30(3)14-11-25)16-19-7-4-5-8-20(19)26/h4-5,7-8,15H,6,9-14,16-17H2,1-3H3,(H2,27,28,29)/t24-/m1/s1. The van der Waals surface area contributed by atoms with E-state index in [1.165, 1.54) is 6.07 Å². The van der Waals surface area contributed by atoms with Crippen LogP contribution in [0.3, 0.4) is 0 Å². The third-order valence-electron chi connectivity index (χ3n) is 7.34. The average Bonchev–Trinajstić information content (AvgIpc) is 2.76. The topological polar surface area (TPSA) is 75.3 Å². The number of benzene rings is 1. The molecule has 3 heterocycles. The molecule has 0 saturated carbocycles. The Balaban J connectivity index is 1.62. The van der Waals surface area contributed by atoms with Gasteiger partial charge < -0.3 is 15.5 Å². The highest BCUT2D eigenvalue weighted by molar-refractivity contribution is 5.83. The van der Waals surface area contributed by atoms with Crippen molar-refractivity contribution in [2.45, 2.75) is 51.4 Å². The number of rotatable bonds is 4. The number of halogens is 1. The van der Waals surface area contributed by atoms with Gasteiger partial charge in [0, 0.05) is 24.6 Å². The van der Waals surface area contributed by atoms with Crippen LogP contribution in [0.25, 0.3) is 0 Å². The summed E-state index contributed by atoms with van der Waals surface area (Å²) in [5, 5.41) is 0. The average molecular weight is 440 g/mol. The summed E-state index contributed by atoms with van der Waals surface area (Å²) in [6.45, 7) is 7.00. The zero-order valence-corrected chi connectivity index (χ0v) is 19.4. The molecule has 0 spiro atoms. The molecule has 1 aromatic heterocycles. The van der Waals surface area contributed by atoms with Gasteiger partial charge in [0.2, 0.25) is 5.91 Å². The predicted octanol–water partition coefficient (Wildman–Crippen LogP) is 3.34. The number of nitrogens with zero attached hydrogens (tertiary/aromatic N) is 4. The Morgan fingerprint density at radius 1 is 1.16 bits per heavy atom. The van der Waals surface area contributed by atoms with Crippen molar-refractivity contribution in [1.82, 2.24) is 19.8 Å². The minimum absolute atomic E-state index is 0.151. The number of likely N-dealkylation sites (tertiary alicyclic amines) is 2. The van der Waals surface area contributed by atoms with Gasteiger partial charge in [0.05, 0.1) is 11.1 Å². The van der Waals surface area contributed by atoms with Crippen molar-refractivity contribution in [3.63, 3.8) is 0 Å². The fourth-order valence-electron chi connectivity index (χ4n) is 5.38. The molecule has 0 radical (unpaired) electrons. The van der Waals surface area contributed by atoms with E-state index in [1.807, 2.05) is 30.0 Å². The van der Waals surface area contributed by atoms with Gasteiger partial charge >= 0.3 is 0 Å². The first-order chi connectivity index (χ1) is 15.2. The highest BCUT2D eigenvalue weighted by Gasteiger charge is 2.46. The van der Waals surface area contributed by atoms with Crippen molar-refractivity contribution in [3.8, 4) is 0 Å². The van der Waals surface area contributed by atoms with Crippen molar-refractivity contribution < 1.29 is 9.18 Å². The Hall–Kier alpha value is -2.54. The summed E-state index contributed by atoms with van der Waals surface area (Å²) >= 11 is 0. The molecule has 0 bridgehead atoms. The maximum atomic E-state index is 14.6. The minimum Gasteiger partial charge on any atom is -0.384 e. The molecule has 1 aromatic carbocycles. The van der Waals surface area contributed by atoms with Crippen LogP contribution in [-0.4, -0.2) is 58.9 Å². The van der Waals surface area contributed by atoms with Crippen molar-refractivity contribution in [2.24, 2.45) is 5.41 Å². The molecule has 2 aliphatic heterocycles. The number of carbonyl (C=O) groups excluding carboxylic acids is 1. The number of amides is 1. The molecule has 2 N–H and O–H groups in total. The highest BCUT2D eigenvalue weighted by Crippen LogP contribution is 2.40. The number of aromatic nitrogens is 2. The van der Waals surface area contributed by atoms with Gasteiger partial charge in [-0.05, 0) is 70.8 Å². The van der Waals surface area contributed by atoms with Crippen LogP contribution in [0.5, 0.6) is 0 Å². The summed E-state index contributed by atoms with van der Waals surface area (Å²) in [7, 11) is 2.08. The van der Waals surface area contributed by atoms with Crippen LogP contribution in [0, 0.1) is 18.2 Å². The summed E-state index contributed by atoms with van der Waals surface area (Å²) in [6.07, 6.45) is 3.77. The fraction of sp³-hybridized carbons (Fsp3) is 0.560. The number of aryl methyl sites for hydroxylation is 1. The lowest BCUT2D eigenvalue weighted by Gasteiger charge is -2.47. The fourth-order valence-corrected chi connectivity index (χ4v) is 5.38. The van der Waals surface area contributed by atoms with Crippen molar-refractivity contribution in [2.75, 3.05) is 39.0 Å². The van der Waals surface area contributed by atoms with Crippen molar-refractivity contribution in [3.05, 3.63) is 53.2 Å². The lowest BCUT2D eigenvalue weighted by atomic mass is 9.71. The van der Waals surface area contributed by atoms with Crippen molar-refractivity contribution >= 4 is 11.7 Å². The van der Waals surface area contributed by atoms with Crippen LogP contribution < -0.4 is 5.73 Å². The molecule has 6 nitrogen and oxygen atoms in total. The van der Waals surface area contributed by atoms with E-state index >= 15 is 0 Å². The van der Waals surface area contributed by atoms with E-state index in [9.17, 15) is 9.18 Å². The first-order valence-corrected chi connectivity index (χ1v) is 11.5. The largest absolute Gasteiger partial charge is 0.384 e. The van der Waals surface area contributed by atoms with Gasteiger partial charge in [0.25, 0.3) is 0 Å². The Bertz CT molecular complexity index is 968. The quantitative estimate of drug-likeness (QED) is 0.791. The minimum atomic E-state index is -0.576. The lowest BCUT2D eigenvalue weighted by molar-refractivity contribution is -0.147. The Morgan fingerprint density at radius 2 is 1.88 bits per heavy atom. The normalized spacial score (nSPS) is 23.8. The van der Waals surface area contributed by atoms with Crippen LogP contribution in [0.4, 0.5) is 10.2 Å². The first kappa shape index (κ1) is 22.6. The maximum absolute atomic E-state index is 14.6. The molecular formula is C25H34FN5O. The zero-order valence-electron chi connectivity index (χ0n) is 19.4. The summed E-state index contributed by atoms with van der Waals surface area (Å²) in [6, 6.07) is 8.70. The Labute approximate surface area is 190 Å². The number of hydrogen-bond acceptors (Lipinski definition) is 5. The molecule has 2 fully saturated rings. The second-order valence-electron chi connectivity index (χ2n) is 9.97. The molecule has 7 heteroatoms. The molecule has 1 amide bonds. The SMILES string of the molecule is Cc1nc(N)cc([C@]2(C)CCCN(C(=O)C3(Cc4ccccc4F)CCN(C)CC3)C2)n1. The molecule has 2 saturated heterocycles. The van der Waals surface area contributed by atoms with Crippen LogP contribution in [0.15, 0.2) is 30.3 Å². The van der Waals surface area contributed by atoms with Gasteiger partial charge in [-0.25, -0.2) is 14.4 Å². The van der Waals surface area contributed by atoms with Crippen LogP contribution in [0.2, 0.25) is 0 Å². The maximum Gasteiger partial charge on any atom is 0.229 e. The van der Waals surface area contributed by atoms with Gasteiger partial charge in [-0.15, -0.1) is 0 Å². The monoisotopic (exact) mass is 439 g/mol. The van der Waals surface area contributed by atoms with E-state index in [0.717, 1.165) is 51.0 Å². The van der Waals surface area contributed by atoms with Crippen molar-refractivity contribution in [1.29, 1.82) is 0 Å². The molecule has 32 heavy (non-hydrogen) atoms. The van der Waals surface area contributed by atoms with Gasteiger partial charge in [-0.1, -0.05) is 25.1 Å². The van der Waals surface area contributed by atoms with E-state index in [-0.39, 0.29) is 17.1 Å². The van der Waals surface area contributed by atoms with E-state index in [0.29, 0.717) is 30.2 Å². The summed E-state index contributed by atoms with van der Waals surface area (Å²) < 4.78 is 14.6. The second-order valence-corrected chi connectivity index (χ2v) is 9.97. The molecule has 1 atom stereocenters. The van der Waals surface area contributed by atoms with Gasteiger partial charge in [-0.2, -0.15) is 0 Å². The van der Waals surface area contributed by atoms with Crippen LogP contribution >= 0.6 is 0 Å². The van der Waals surface area contributed by atoms with Gasteiger partial charge in [0.1, 0.15) is 17.5 Å². The summed E-state index contributed by atoms with van der Waals surface area (Å²) in [5.74, 6) is 1.03. The predicted molar refractivity (Wildman–Crippen MR) is 124 cm³/mol. The molecule has 2 aliphatic rings. The van der Waals surface area contributed by atoms with E-state index < -0.39 is 5.41 Å². The Morgan fingerprint density at radius 3 is 2.56 bits per heavy atom. The first-order valence-electron chi connectivity index (χ1n) is 11.5. The summed E-state index contributed by atoms with van der Waals surface area (Å²) in [4.78, 5) is 27.2. The van der Waals surface area contributed by atoms with Gasteiger partial charge in [0.15, 0.2) is 0 Å². The van der Waals surface area contributed by atoms with E-state index in [1.54, 1.807) is 6.07 Å². The second kappa shape index (κ2) is 8.77. The summed E-state index contributed by atoms with van der Waals surface area (Å²) in [5.41, 5.74) is 6.67. The third kappa shape index (κ3) is 4.49.